The van der Waals surface area contributed by atoms with Gasteiger partial charge in [0, 0.05) is 12.8 Å². The number of carbonyl (C=O) groups is 1. The second-order valence-electron chi connectivity index (χ2n) is 7.08. The lowest BCUT2D eigenvalue weighted by atomic mass is 10.2. The van der Waals surface area contributed by atoms with E-state index >= 15 is 0 Å². The first-order valence-electron chi connectivity index (χ1n) is 10.0. The summed E-state index contributed by atoms with van der Waals surface area (Å²) in [6.07, 6.45) is -0.436. The maximum Gasteiger partial charge on any atom is 0.344 e. The first kappa shape index (κ1) is 20.6. The Hall–Kier alpha value is -3.65. The minimum atomic E-state index is -0.568. The zero-order chi connectivity index (χ0) is 22.0. The number of carbonyl (C=O) groups excluding carboxylic acids is 1. The average molecular weight is 420 g/mol. The lowest BCUT2D eigenvalue weighted by Crippen LogP contribution is -2.20. The molecule has 2 aromatic heterocycles. The fourth-order valence-corrected chi connectivity index (χ4v) is 3.49. The monoisotopic (exact) mass is 420 g/mol. The molecule has 0 radical (unpaired) electrons. The van der Waals surface area contributed by atoms with Gasteiger partial charge in [0.1, 0.15) is 28.8 Å². The van der Waals surface area contributed by atoms with Gasteiger partial charge in [-0.15, -0.1) is 0 Å². The molecule has 31 heavy (non-hydrogen) atoms. The van der Waals surface area contributed by atoms with E-state index in [9.17, 15) is 4.79 Å². The van der Waals surface area contributed by atoms with E-state index in [1.807, 2.05) is 55.5 Å². The van der Waals surface area contributed by atoms with E-state index in [0.29, 0.717) is 28.8 Å². The third kappa shape index (κ3) is 3.89. The molecule has 0 bridgehead atoms. The van der Waals surface area contributed by atoms with Crippen LogP contribution in [0.25, 0.3) is 27.9 Å². The minimum Gasteiger partial charge on any atom is -0.494 e. The van der Waals surface area contributed by atoms with E-state index in [-0.39, 0.29) is 18.0 Å². The molecule has 8 nitrogen and oxygen atoms in total. The third-order valence-electron chi connectivity index (χ3n) is 4.82. The van der Waals surface area contributed by atoms with Crippen molar-refractivity contribution < 1.29 is 19.0 Å². The minimum absolute atomic E-state index is 0.185. The van der Waals surface area contributed by atoms with Gasteiger partial charge in [-0.3, -0.25) is 4.57 Å². The van der Waals surface area contributed by atoms with Gasteiger partial charge in [-0.05, 0) is 50.2 Å². The number of anilines is 1. The van der Waals surface area contributed by atoms with Crippen molar-refractivity contribution in [1.29, 1.82) is 0 Å². The van der Waals surface area contributed by atoms with Gasteiger partial charge in [0.25, 0.3) is 0 Å². The lowest BCUT2D eigenvalue weighted by molar-refractivity contribution is 0.0123. The number of para-hydroxylation sites is 2. The first-order chi connectivity index (χ1) is 15.0. The van der Waals surface area contributed by atoms with Crippen molar-refractivity contribution in [2.45, 2.75) is 20.0 Å². The van der Waals surface area contributed by atoms with Gasteiger partial charge in [0.2, 0.25) is 0 Å². The van der Waals surface area contributed by atoms with Gasteiger partial charge < -0.3 is 19.9 Å². The van der Waals surface area contributed by atoms with Crippen molar-refractivity contribution in [1.82, 2.24) is 14.5 Å². The highest BCUT2D eigenvalue weighted by Gasteiger charge is 2.27. The van der Waals surface area contributed by atoms with E-state index < -0.39 is 12.1 Å². The molecule has 8 heteroatoms. The summed E-state index contributed by atoms with van der Waals surface area (Å²) in [5.41, 5.74) is 9.63. The van der Waals surface area contributed by atoms with Crippen molar-refractivity contribution in [3.05, 3.63) is 54.1 Å². The Labute approximate surface area is 179 Å². The molecule has 0 saturated heterocycles. The molecule has 0 aliphatic carbocycles. The Morgan fingerprint density at radius 3 is 2.42 bits per heavy atom. The lowest BCUT2D eigenvalue weighted by Gasteiger charge is -2.12. The largest absolute Gasteiger partial charge is 0.494 e. The molecule has 0 saturated carbocycles. The fourth-order valence-electron chi connectivity index (χ4n) is 3.49. The summed E-state index contributed by atoms with van der Waals surface area (Å²) < 4.78 is 17.8. The average Bonchev–Trinajstić information content (AvgIpc) is 3.04. The Balaban J connectivity index is 1.91. The highest BCUT2D eigenvalue weighted by molar-refractivity contribution is 6.09. The van der Waals surface area contributed by atoms with E-state index in [2.05, 4.69) is 4.98 Å². The maximum atomic E-state index is 13.0. The second kappa shape index (κ2) is 8.61. The molecule has 0 aliphatic heterocycles. The number of fused-ring (bicyclic) bond motifs is 2. The van der Waals surface area contributed by atoms with Crippen molar-refractivity contribution in [3.8, 4) is 11.4 Å². The third-order valence-corrected chi connectivity index (χ3v) is 4.82. The maximum absolute atomic E-state index is 13.0. The predicted octanol–water partition coefficient (Wildman–Crippen LogP) is 3.75. The second-order valence-corrected chi connectivity index (χ2v) is 7.08. The zero-order valence-corrected chi connectivity index (χ0v) is 17.7. The van der Waals surface area contributed by atoms with Crippen LogP contribution in [0.1, 0.15) is 24.2 Å². The number of methoxy groups -OCH3 is 1. The molecule has 2 aromatic carbocycles. The summed E-state index contributed by atoms with van der Waals surface area (Å²) in [5.74, 6) is 0.385. The number of rotatable bonds is 7. The van der Waals surface area contributed by atoms with Crippen LogP contribution in [-0.2, 0) is 9.47 Å². The summed E-state index contributed by atoms with van der Waals surface area (Å²) in [5, 5.41) is 0. The van der Waals surface area contributed by atoms with Crippen LogP contribution in [0.5, 0.6) is 5.75 Å². The van der Waals surface area contributed by atoms with Gasteiger partial charge in [0.05, 0.1) is 24.2 Å². The fraction of sp³-hybridized carbons (Fsp3) is 0.261. The number of aromatic nitrogens is 3. The summed E-state index contributed by atoms with van der Waals surface area (Å²) in [6, 6.07) is 14.9. The molecule has 0 unspecified atom stereocenters. The van der Waals surface area contributed by atoms with E-state index in [1.165, 1.54) is 0 Å². The van der Waals surface area contributed by atoms with E-state index in [4.69, 9.17) is 24.9 Å². The van der Waals surface area contributed by atoms with Crippen LogP contribution >= 0.6 is 0 Å². The molecule has 2 heterocycles. The highest BCUT2D eigenvalue weighted by atomic mass is 16.6. The molecule has 0 aliphatic rings. The molecule has 0 spiro atoms. The standard InChI is InChI=1S/C23H24N4O4/c1-4-30-16-11-9-15(10-12-16)27-21(24)19(23(28)31-14(2)13-29-3)20-22(27)26-18-8-6-5-7-17(18)25-20/h5-12,14H,4,13,24H2,1-3H3/t14-/m0/s1. The molecule has 0 amide bonds. The molecule has 2 N–H and O–H groups in total. The van der Waals surface area contributed by atoms with E-state index in [1.54, 1.807) is 18.6 Å². The number of nitrogens with zero attached hydrogens (tertiary/aromatic N) is 3. The van der Waals surface area contributed by atoms with Crippen LogP contribution in [0, 0.1) is 0 Å². The number of hydrogen-bond acceptors (Lipinski definition) is 7. The smallest absolute Gasteiger partial charge is 0.344 e. The van der Waals surface area contributed by atoms with Crippen molar-refractivity contribution in [3.63, 3.8) is 0 Å². The van der Waals surface area contributed by atoms with Gasteiger partial charge in [-0.2, -0.15) is 0 Å². The van der Waals surface area contributed by atoms with Crippen molar-refractivity contribution >= 4 is 34.0 Å². The zero-order valence-electron chi connectivity index (χ0n) is 17.7. The van der Waals surface area contributed by atoms with Crippen LogP contribution in [-0.4, -0.2) is 46.9 Å². The highest BCUT2D eigenvalue weighted by Crippen LogP contribution is 2.32. The quantitative estimate of drug-likeness (QED) is 0.454. The van der Waals surface area contributed by atoms with Crippen molar-refractivity contribution in [2.24, 2.45) is 0 Å². The molecule has 4 rings (SSSR count). The molecule has 0 fully saturated rings. The van der Waals surface area contributed by atoms with Crippen LogP contribution in [0.4, 0.5) is 5.82 Å². The molecule has 160 valence electrons. The van der Waals surface area contributed by atoms with Gasteiger partial charge >= 0.3 is 5.97 Å². The number of benzene rings is 2. The molecule has 4 aromatic rings. The number of esters is 1. The summed E-state index contributed by atoms with van der Waals surface area (Å²) in [6.45, 7) is 4.53. The Kier molecular flexibility index (Phi) is 5.73. The summed E-state index contributed by atoms with van der Waals surface area (Å²) in [4.78, 5) is 22.5. The number of nitrogen functional groups attached to an aromatic ring is 1. The number of nitrogens with two attached hydrogens (primary N) is 1. The van der Waals surface area contributed by atoms with Crippen molar-refractivity contribution in [2.75, 3.05) is 26.1 Å². The number of ether oxygens (including phenoxy) is 3. The van der Waals surface area contributed by atoms with Gasteiger partial charge in [-0.25, -0.2) is 14.8 Å². The summed E-state index contributed by atoms with van der Waals surface area (Å²) in [7, 11) is 1.55. The Bertz CT molecular complexity index is 1230. The number of hydrogen-bond donors (Lipinski definition) is 1. The Morgan fingerprint density at radius 2 is 1.77 bits per heavy atom. The molecular weight excluding hydrogens is 396 g/mol. The van der Waals surface area contributed by atoms with Crippen LogP contribution < -0.4 is 10.5 Å². The van der Waals surface area contributed by atoms with Crippen LogP contribution in [0.3, 0.4) is 0 Å². The predicted molar refractivity (Wildman–Crippen MR) is 119 cm³/mol. The topological polar surface area (TPSA) is 101 Å². The van der Waals surface area contributed by atoms with Crippen LogP contribution in [0.2, 0.25) is 0 Å². The normalized spacial score (nSPS) is 12.2. The van der Waals surface area contributed by atoms with Gasteiger partial charge in [-0.1, -0.05) is 12.1 Å². The first-order valence-corrected chi connectivity index (χ1v) is 10.0. The molecular formula is C23H24N4O4. The van der Waals surface area contributed by atoms with Crippen LogP contribution in [0.15, 0.2) is 48.5 Å². The Morgan fingerprint density at radius 1 is 1.10 bits per heavy atom. The molecule has 1 atom stereocenters. The summed E-state index contributed by atoms with van der Waals surface area (Å²) >= 11 is 0. The van der Waals surface area contributed by atoms with E-state index in [0.717, 1.165) is 11.4 Å². The SMILES string of the molecule is CCOc1ccc(-n2c(N)c(C(=O)O[C@@H](C)COC)c3nc4ccccc4nc32)cc1. The van der Waals surface area contributed by atoms with Gasteiger partial charge in [0.15, 0.2) is 5.65 Å².